The Morgan fingerprint density at radius 3 is 2.71 bits per heavy atom. The number of para-hydroxylation sites is 1. The van der Waals surface area contributed by atoms with Crippen molar-refractivity contribution >= 4 is 12.0 Å². The number of nitrogens with one attached hydrogen (secondary N) is 1. The molecule has 130 valence electrons. The highest BCUT2D eigenvalue weighted by Crippen LogP contribution is 2.35. The summed E-state index contributed by atoms with van der Waals surface area (Å²) in [6, 6.07) is 6.56. The van der Waals surface area contributed by atoms with Gasteiger partial charge in [-0.25, -0.2) is 9.59 Å². The molecule has 2 amide bonds. The van der Waals surface area contributed by atoms with E-state index in [0.717, 1.165) is 18.4 Å². The van der Waals surface area contributed by atoms with Crippen LogP contribution in [0.5, 0.6) is 5.75 Å². The van der Waals surface area contributed by atoms with E-state index in [9.17, 15) is 9.59 Å². The maximum atomic E-state index is 12.3. The van der Waals surface area contributed by atoms with Gasteiger partial charge in [0, 0.05) is 18.3 Å². The van der Waals surface area contributed by atoms with Crippen LogP contribution < -0.4 is 10.1 Å². The fourth-order valence-electron chi connectivity index (χ4n) is 2.62. The third kappa shape index (κ3) is 3.53. The van der Waals surface area contributed by atoms with E-state index in [1.54, 1.807) is 14.0 Å². The standard InChI is InChI=1S/C18H24N2O4/c1-5-6-11-24-14-10-8-7-9-13(14)16-15(17(21)23-4)12(2)20(3)18(22)19-16/h7-10,16H,5-6,11H2,1-4H3,(H,19,22)/t16-/m1/s1. The summed E-state index contributed by atoms with van der Waals surface area (Å²) in [5.74, 6) is 0.197. The van der Waals surface area contributed by atoms with E-state index in [4.69, 9.17) is 9.47 Å². The van der Waals surface area contributed by atoms with Crippen molar-refractivity contribution < 1.29 is 19.1 Å². The van der Waals surface area contributed by atoms with Gasteiger partial charge in [0.2, 0.25) is 0 Å². The van der Waals surface area contributed by atoms with Gasteiger partial charge in [-0.15, -0.1) is 0 Å². The molecule has 0 fully saturated rings. The van der Waals surface area contributed by atoms with Gasteiger partial charge in [0.05, 0.1) is 25.3 Å². The molecule has 2 rings (SSSR count). The molecule has 0 aromatic heterocycles. The SMILES string of the molecule is CCCCOc1ccccc1[C@H]1NC(=O)N(C)C(C)=C1C(=O)OC. The Morgan fingerprint density at radius 2 is 2.04 bits per heavy atom. The molecule has 1 aromatic rings. The smallest absolute Gasteiger partial charge is 0.337 e. The van der Waals surface area contributed by atoms with Crippen molar-refractivity contribution in [3.63, 3.8) is 0 Å². The van der Waals surface area contributed by atoms with E-state index >= 15 is 0 Å². The molecule has 1 aromatic carbocycles. The first-order chi connectivity index (χ1) is 11.5. The molecule has 1 aliphatic heterocycles. The Balaban J connectivity index is 2.45. The average molecular weight is 332 g/mol. The van der Waals surface area contributed by atoms with Crippen LogP contribution in [-0.4, -0.2) is 37.7 Å². The van der Waals surface area contributed by atoms with Crippen molar-refractivity contribution in [1.82, 2.24) is 10.2 Å². The molecule has 24 heavy (non-hydrogen) atoms. The Morgan fingerprint density at radius 1 is 1.33 bits per heavy atom. The van der Waals surface area contributed by atoms with Crippen LogP contribution in [-0.2, 0) is 9.53 Å². The van der Waals surface area contributed by atoms with Crippen LogP contribution in [0.15, 0.2) is 35.5 Å². The molecule has 1 atom stereocenters. The number of rotatable bonds is 6. The number of esters is 1. The highest BCUT2D eigenvalue weighted by atomic mass is 16.5. The first kappa shape index (κ1) is 17.8. The van der Waals surface area contributed by atoms with E-state index < -0.39 is 12.0 Å². The second kappa shape index (κ2) is 7.86. The zero-order valence-corrected chi connectivity index (χ0v) is 14.6. The van der Waals surface area contributed by atoms with Gasteiger partial charge in [-0.3, -0.25) is 0 Å². The number of urea groups is 1. The van der Waals surface area contributed by atoms with Crippen LogP contribution in [0.2, 0.25) is 0 Å². The third-order valence-electron chi connectivity index (χ3n) is 4.14. The molecule has 0 radical (unpaired) electrons. The number of benzene rings is 1. The monoisotopic (exact) mass is 332 g/mol. The normalized spacial score (nSPS) is 17.6. The highest BCUT2D eigenvalue weighted by Gasteiger charge is 2.36. The number of nitrogens with zero attached hydrogens (tertiary/aromatic N) is 1. The lowest BCUT2D eigenvalue weighted by molar-refractivity contribution is -0.136. The van der Waals surface area contributed by atoms with Crippen LogP contribution in [0.3, 0.4) is 0 Å². The van der Waals surface area contributed by atoms with Crippen LogP contribution in [0.25, 0.3) is 0 Å². The summed E-state index contributed by atoms with van der Waals surface area (Å²) < 4.78 is 10.8. The summed E-state index contributed by atoms with van der Waals surface area (Å²) in [4.78, 5) is 25.9. The topological polar surface area (TPSA) is 67.9 Å². The molecule has 1 heterocycles. The van der Waals surface area contributed by atoms with Crippen molar-refractivity contribution in [2.75, 3.05) is 20.8 Å². The molecule has 1 aliphatic rings. The number of ether oxygens (including phenoxy) is 2. The van der Waals surface area contributed by atoms with Crippen molar-refractivity contribution in [1.29, 1.82) is 0 Å². The van der Waals surface area contributed by atoms with Gasteiger partial charge in [-0.2, -0.15) is 0 Å². The second-order valence-electron chi connectivity index (χ2n) is 5.67. The number of carbonyl (C=O) groups excluding carboxylic acids is 2. The average Bonchev–Trinajstić information content (AvgIpc) is 2.59. The zero-order chi connectivity index (χ0) is 17.7. The highest BCUT2D eigenvalue weighted by molar-refractivity contribution is 5.95. The first-order valence-electron chi connectivity index (χ1n) is 8.06. The van der Waals surface area contributed by atoms with Crippen LogP contribution in [0.4, 0.5) is 4.79 Å². The van der Waals surface area contributed by atoms with Gasteiger partial charge in [0.15, 0.2) is 0 Å². The summed E-state index contributed by atoms with van der Waals surface area (Å²) in [6.45, 7) is 4.41. The minimum absolute atomic E-state index is 0.270. The largest absolute Gasteiger partial charge is 0.493 e. The quantitative estimate of drug-likeness (QED) is 0.642. The number of allylic oxidation sites excluding steroid dienone is 1. The van der Waals surface area contributed by atoms with Gasteiger partial charge >= 0.3 is 12.0 Å². The van der Waals surface area contributed by atoms with E-state index in [1.807, 2.05) is 24.3 Å². The fourth-order valence-corrected chi connectivity index (χ4v) is 2.62. The molecule has 0 bridgehead atoms. The molecule has 0 saturated heterocycles. The van der Waals surface area contributed by atoms with Crippen molar-refractivity contribution in [3.05, 3.63) is 41.1 Å². The molecular weight excluding hydrogens is 308 g/mol. The summed E-state index contributed by atoms with van der Waals surface area (Å²) in [7, 11) is 2.95. The maximum Gasteiger partial charge on any atom is 0.337 e. The lowest BCUT2D eigenvalue weighted by atomic mass is 9.94. The predicted molar refractivity (Wildman–Crippen MR) is 90.6 cm³/mol. The third-order valence-corrected chi connectivity index (χ3v) is 4.14. The van der Waals surface area contributed by atoms with Crippen LogP contribution in [0, 0.1) is 0 Å². The maximum absolute atomic E-state index is 12.3. The Hall–Kier alpha value is -2.50. The summed E-state index contributed by atoms with van der Waals surface area (Å²) >= 11 is 0. The lowest BCUT2D eigenvalue weighted by Gasteiger charge is -2.33. The Kier molecular flexibility index (Phi) is 5.84. The van der Waals surface area contributed by atoms with Crippen molar-refractivity contribution in [3.8, 4) is 5.75 Å². The number of hydrogen-bond donors (Lipinski definition) is 1. The van der Waals surface area contributed by atoms with Gasteiger partial charge < -0.3 is 19.7 Å². The number of amides is 2. The van der Waals surface area contributed by atoms with E-state index in [0.29, 0.717) is 23.6 Å². The predicted octanol–water partition coefficient (Wildman–Crippen LogP) is 3.01. The van der Waals surface area contributed by atoms with E-state index in [-0.39, 0.29) is 6.03 Å². The van der Waals surface area contributed by atoms with E-state index in [2.05, 4.69) is 12.2 Å². The van der Waals surface area contributed by atoms with Gasteiger partial charge in [-0.1, -0.05) is 31.5 Å². The van der Waals surface area contributed by atoms with Gasteiger partial charge in [0.1, 0.15) is 5.75 Å². The number of carbonyl (C=O) groups is 2. The summed E-state index contributed by atoms with van der Waals surface area (Å²) in [6.07, 6.45) is 1.96. The van der Waals surface area contributed by atoms with Crippen LogP contribution >= 0.6 is 0 Å². The Bertz CT molecular complexity index is 654. The molecule has 0 aliphatic carbocycles. The molecule has 6 nitrogen and oxygen atoms in total. The van der Waals surface area contributed by atoms with Gasteiger partial charge in [-0.05, 0) is 19.4 Å². The van der Waals surface area contributed by atoms with Crippen LogP contribution in [0.1, 0.15) is 38.3 Å². The number of methoxy groups -OCH3 is 1. The second-order valence-corrected chi connectivity index (χ2v) is 5.67. The number of hydrogen-bond acceptors (Lipinski definition) is 4. The van der Waals surface area contributed by atoms with Gasteiger partial charge in [0.25, 0.3) is 0 Å². The molecule has 0 saturated carbocycles. The number of unbranched alkanes of at least 4 members (excludes halogenated alkanes) is 1. The first-order valence-corrected chi connectivity index (χ1v) is 8.06. The minimum atomic E-state index is -0.598. The van der Waals surface area contributed by atoms with E-state index in [1.165, 1.54) is 12.0 Å². The van der Waals surface area contributed by atoms with Crippen molar-refractivity contribution in [2.24, 2.45) is 0 Å². The minimum Gasteiger partial charge on any atom is -0.493 e. The molecule has 1 N–H and O–H groups in total. The molecule has 0 spiro atoms. The molecular formula is C18H24N2O4. The summed E-state index contributed by atoms with van der Waals surface area (Å²) in [5, 5.41) is 2.86. The summed E-state index contributed by atoms with van der Waals surface area (Å²) in [5.41, 5.74) is 1.72. The lowest BCUT2D eigenvalue weighted by Crippen LogP contribution is -2.46. The molecule has 6 heteroatoms. The Labute approximate surface area is 142 Å². The molecule has 0 unspecified atom stereocenters. The fraction of sp³-hybridized carbons (Fsp3) is 0.444. The van der Waals surface area contributed by atoms with Crippen molar-refractivity contribution in [2.45, 2.75) is 32.7 Å². The zero-order valence-electron chi connectivity index (χ0n) is 14.6.